The highest BCUT2D eigenvalue weighted by Crippen LogP contribution is 2.43. The van der Waals surface area contributed by atoms with Crippen molar-refractivity contribution in [3.05, 3.63) is 60.8 Å². The molecule has 0 aliphatic carbocycles. The first kappa shape index (κ1) is 54.7. The van der Waals surface area contributed by atoms with Crippen LogP contribution in [0.15, 0.2) is 60.8 Å². The van der Waals surface area contributed by atoms with Gasteiger partial charge in [-0.15, -0.1) is 0 Å². The Hall–Kier alpha value is -2.29. The highest BCUT2D eigenvalue weighted by molar-refractivity contribution is 7.47. The van der Waals surface area contributed by atoms with E-state index < -0.39 is 32.5 Å². The monoisotopic (exact) mass is 822 g/mol. The predicted molar refractivity (Wildman–Crippen MR) is 238 cm³/mol. The van der Waals surface area contributed by atoms with Crippen LogP contribution in [-0.2, 0) is 32.7 Å². The largest absolute Gasteiger partial charge is 0.472 e. The van der Waals surface area contributed by atoms with Crippen LogP contribution in [0.4, 0.5) is 0 Å². The van der Waals surface area contributed by atoms with Gasteiger partial charge in [-0.25, -0.2) is 4.57 Å². The zero-order valence-electron chi connectivity index (χ0n) is 36.3. The molecule has 0 saturated carbocycles. The number of ether oxygens (including phenoxy) is 2. The summed E-state index contributed by atoms with van der Waals surface area (Å²) in [4.78, 5) is 34.9. The minimum atomic E-state index is -4.39. The average Bonchev–Trinajstić information content (AvgIpc) is 3.20. The van der Waals surface area contributed by atoms with Crippen LogP contribution in [0, 0.1) is 0 Å². The summed E-state index contributed by atoms with van der Waals surface area (Å²) >= 11 is 0. The molecule has 3 N–H and O–H groups in total. The normalized spacial score (nSPS) is 13.8. The van der Waals surface area contributed by atoms with Crippen molar-refractivity contribution in [2.45, 2.75) is 200 Å². The van der Waals surface area contributed by atoms with Gasteiger partial charge < -0.3 is 20.1 Å². The number of hydrogen-bond acceptors (Lipinski definition) is 8. The van der Waals surface area contributed by atoms with Gasteiger partial charge in [-0.2, -0.15) is 0 Å². The summed E-state index contributed by atoms with van der Waals surface area (Å²) in [6.07, 6.45) is 51.0. The van der Waals surface area contributed by atoms with E-state index in [2.05, 4.69) is 74.6 Å². The molecule has 10 heteroatoms. The lowest BCUT2D eigenvalue weighted by Gasteiger charge is -2.19. The van der Waals surface area contributed by atoms with Crippen molar-refractivity contribution < 1.29 is 37.6 Å². The molecular formula is C47H84NO8P. The summed E-state index contributed by atoms with van der Waals surface area (Å²) < 4.78 is 32.8. The van der Waals surface area contributed by atoms with Gasteiger partial charge in [-0.05, 0) is 83.5 Å². The third-order valence-corrected chi connectivity index (χ3v) is 10.4. The van der Waals surface area contributed by atoms with Crippen LogP contribution in [0.2, 0.25) is 0 Å². The van der Waals surface area contributed by atoms with Crippen LogP contribution in [0.3, 0.4) is 0 Å². The second kappa shape index (κ2) is 43.3. The Morgan fingerprint density at radius 1 is 0.526 bits per heavy atom. The highest BCUT2D eigenvalue weighted by atomic mass is 31.2. The van der Waals surface area contributed by atoms with Gasteiger partial charge in [-0.3, -0.25) is 18.6 Å². The van der Waals surface area contributed by atoms with Gasteiger partial charge in [0.15, 0.2) is 6.10 Å². The second-order valence-corrected chi connectivity index (χ2v) is 16.4. The van der Waals surface area contributed by atoms with Gasteiger partial charge >= 0.3 is 19.8 Å². The van der Waals surface area contributed by atoms with Crippen LogP contribution < -0.4 is 5.73 Å². The van der Waals surface area contributed by atoms with Crippen LogP contribution in [0.1, 0.15) is 194 Å². The predicted octanol–water partition coefficient (Wildman–Crippen LogP) is 13.3. The number of nitrogens with two attached hydrogens (primary N) is 1. The van der Waals surface area contributed by atoms with Crippen molar-refractivity contribution in [3.63, 3.8) is 0 Å². The van der Waals surface area contributed by atoms with E-state index in [0.717, 1.165) is 64.2 Å². The maximum absolute atomic E-state index is 12.6. The van der Waals surface area contributed by atoms with E-state index in [-0.39, 0.29) is 32.6 Å². The fourth-order valence-corrected chi connectivity index (χ4v) is 6.73. The van der Waals surface area contributed by atoms with E-state index in [0.29, 0.717) is 12.8 Å². The molecular weight excluding hydrogens is 737 g/mol. The topological polar surface area (TPSA) is 134 Å². The number of hydrogen-bond donors (Lipinski definition) is 2. The van der Waals surface area contributed by atoms with Gasteiger partial charge in [0.2, 0.25) is 0 Å². The Morgan fingerprint density at radius 3 is 1.42 bits per heavy atom. The minimum absolute atomic E-state index is 0.0458. The maximum atomic E-state index is 12.6. The molecule has 0 rings (SSSR count). The molecule has 0 aromatic carbocycles. The molecule has 0 bridgehead atoms. The number of phosphoric acid groups is 1. The summed E-state index contributed by atoms with van der Waals surface area (Å²) in [7, 11) is -4.39. The summed E-state index contributed by atoms with van der Waals surface area (Å²) in [5.74, 6) is -0.871. The van der Waals surface area contributed by atoms with Crippen molar-refractivity contribution in [2.75, 3.05) is 26.4 Å². The molecule has 0 aliphatic heterocycles. The van der Waals surface area contributed by atoms with Crippen molar-refractivity contribution in [3.8, 4) is 0 Å². The SMILES string of the molecule is CCCCCC=CCC=CCC=CCC=CCCCCCC(=O)OC[C@H](COP(=O)(O)OCCN)OC(=O)CCCCCCCCCC=CCCCCCCCC. The van der Waals surface area contributed by atoms with E-state index in [1.807, 2.05) is 0 Å². The van der Waals surface area contributed by atoms with Crippen molar-refractivity contribution in [1.29, 1.82) is 0 Å². The van der Waals surface area contributed by atoms with Crippen molar-refractivity contribution in [2.24, 2.45) is 5.73 Å². The molecule has 0 radical (unpaired) electrons. The Bertz CT molecular complexity index is 1120. The zero-order chi connectivity index (χ0) is 41.8. The third kappa shape index (κ3) is 43.1. The molecule has 0 spiro atoms. The third-order valence-electron chi connectivity index (χ3n) is 9.38. The summed E-state index contributed by atoms with van der Waals surface area (Å²) in [6.45, 7) is 3.66. The molecule has 0 saturated heterocycles. The summed E-state index contributed by atoms with van der Waals surface area (Å²) in [6, 6.07) is 0. The number of phosphoric ester groups is 1. The molecule has 330 valence electrons. The molecule has 9 nitrogen and oxygen atoms in total. The highest BCUT2D eigenvalue weighted by Gasteiger charge is 2.26. The lowest BCUT2D eigenvalue weighted by Crippen LogP contribution is -2.29. The summed E-state index contributed by atoms with van der Waals surface area (Å²) in [5, 5.41) is 0. The molecule has 2 atom stereocenters. The van der Waals surface area contributed by atoms with Crippen LogP contribution in [0.25, 0.3) is 0 Å². The molecule has 57 heavy (non-hydrogen) atoms. The Balaban J connectivity index is 4.21. The first-order valence-corrected chi connectivity index (χ1v) is 24.3. The zero-order valence-corrected chi connectivity index (χ0v) is 37.2. The maximum Gasteiger partial charge on any atom is 0.472 e. The molecule has 0 aromatic heterocycles. The standard InChI is InChI=1S/C47H84NO8P/c1-3-5-7-9-11-13-15-17-19-21-22-24-25-27-29-31-33-35-37-39-46(49)53-43-45(44-55-57(51,52)54-42-41-48)56-47(50)40-38-36-34-32-30-28-26-23-20-18-16-14-12-10-8-6-4-2/h11,13,17-20,22,24,27,29,45H,3-10,12,14-16,21,23,25-26,28,30-44,48H2,1-2H3,(H,51,52)/t45-/m1/s1. The van der Waals surface area contributed by atoms with Crippen LogP contribution in [0.5, 0.6) is 0 Å². The van der Waals surface area contributed by atoms with E-state index in [1.54, 1.807) is 0 Å². The lowest BCUT2D eigenvalue weighted by atomic mass is 10.1. The molecule has 0 heterocycles. The van der Waals surface area contributed by atoms with Gasteiger partial charge in [0.25, 0.3) is 0 Å². The van der Waals surface area contributed by atoms with E-state index >= 15 is 0 Å². The lowest BCUT2D eigenvalue weighted by molar-refractivity contribution is -0.161. The van der Waals surface area contributed by atoms with E-state index in [4.69, 9.17) is 24.3 Å². The fraction of sp³-hybridized carbons (Fsp3) is 0.745. The van der Waals surface area contributed by atoms with Crippen molar-refractivity contribution in [1.82, 2.24) is 0 Å². The number of allylic oxidation sites excluding steroid dienone is 10. The summed E-state index contributed by atoms with van der Waals surface area (Å²) in [5.41, 5.74) is 5.35. The Labute approximate surface area is 349 Å². The van der Waals surface area contributed by atoms with Gasteiger partial charge in [0, 0.05) is 19.4 Å². The molecule has 0 fully saturated rings. The number of rotatable bonds is 42. The molecule has 0 aliphatic rings. The van der Waals surface area contributed by atoms with Gasteiger partial charge in [-0.1, -0.05) is 158 Å². The van der Waals surface area contributed by atoms with E-state index in [9.17, 15) is 19.0 Å². The first-order valence-electron chi connectivity index (χ1n) is 22.8. The average molecular weight is 822 g/mol. The fourth-order valence-electron chi connectivity index (χ4n) is 5.96. The molecule has 0 aromatic rings. The van der Waals surface area contributed by atoms with Crippen molar-refractivity contribution >= 4 is 19.8 Å². The first-order chi connectivity index (χ1) is 27.8. The number of esters is 2. The molecule has 1 unspecified atom stereocenters. The Morgan fingerprint density at radius 2 is 0.912 bits per heavy atom. The number of carbonyl (C=O) groups is 2. The van der Waals surface area contributed by atoms with Gasteiger partial charge in [0.1, 0.15) is 6.61 Å². The van der Waals surface area contributed by atoms with Crippen LogP contribution in [-0.4, -0.2) is 49.3 Å². The smallest absolute Gasteiger partial charge is 0.462 e. The minimum Gasteiger partial charge on any atom is -0.462 e. The van der Waals surface area contributed by atoms with E-state index in [1.165, 1.54) is 89.9 Å². The quantitative estimate of drug-likeness (QED) is 0.0267. The molecule has 0 amide bonds. The Kier molecular flexibility index (Phi) is 41.6. The van der Waals surface area contributed by atoms with Gasteiger partial charge in [0.05, 0.1) is 13.2 Å². The number of carbonyl (C=O) groups excluding carboxylic acids is 2. The number of unbranched alkanes of at least 4 members (excludes halogenated alkanes) is 19. The second-order valence-electron chi connectivity index (χ2n) is 14.9. The van der Waals surface area contributed by atoms with Crippen LogP contribution >= 0.6 is 7.82 Å².